The molecule has 1 N–H and O–H groups in total. The first kappa shape index (κ1) is 19.4. The quantitative estimate of drug-likeness (QED) is 0.407. The second kappa shape index (κ2) is 7.26. The average molecular weight is 397 g/mol. The maximum atomic E-state index is 11.6. The molecule has 10 heteroatoms. The summed E-state index contributed by atoms with van der Waals surface area (Å²) in [6, 6.07) is 0. The van der Waals surface area contributed by atoms with Crippen LogP contribution in [0.15, 0.2) is 0 Å². The summed E-state index contributed by atoms with van der Waals surface area (Å²) < 4.78 is 20.5. The topological polar surface area (TPSA) is 125 Å². The lowest BCUT2D eigenvalue weighted by molar-refractivity contribution is -0.258. The minimum Gasteiger partial charge on any atom is -0.479 e. The number of esters is 3. The highest BCUT2D eigenvalue weighted by molar-refractivity contribution is 9.09. The summed E-state index contributed by atoms with van der Waals surface area (Å²) in [5, 5.41) is 8.34. The number of hydrogen-bond acceptors (Lipinski definition) is 8. The van der Waals surface area contributed by atoms with Gasteiger partial charge in [-0.2, -0.15) is 0 Å². The molecule has 0 aromatic carbocycles. The van der Waals surface area contributed by atoms with Gasteiger partial charge in [0.05, 0.1) is 0 Å². The van der Waals surface area contributed by atoms with E-state index in [9.17, 15) is 24.3 Å². The lowest BCUT2D eigenvalue weighted by Crippen LogP contribution is -2.67. The SMILES string of the molecule is CC(=O)O[C@@H]1[C@@H](OC(C)=O)[C@H](OC(C)=O)[C@@](C)(C(=O)O)O[C@@H]1Br. The monoisotopic (exact) mass is 396 g/mol. The lowest BCUT2D eigenvalue weighted by atomic mass is 9.88. The zero-order valence-corrected chi connectivity index (χ0v) is 14.5. The molecule has 5 atom stereocenters. The van der Waals surface area contributed by atoms with Gasteiger partial charge in [0.25, 0.3) is 0 Å². The normalized spacial score (nSPS) is 33.4. The van der Waals surface area contributed by atoms with Gasteiger partial charge in [-0.1, -0.05) is 15.9 Å². The molecule has 1 heterocycles. The number of carboxylic acids is 1. The van der Waals surface area contributed by atoms with Gasteiger partial charge < -0.3 is 24.1 Å². The number of halogens is 1. The first-order valence-corrected chi connectivity index (χ1v) is 7.47. The number of alkyl halides is 1. The number of aliphatic carboxylic acids is 1. The Balaban J connectivity index is 3.33. The molecule has 0 spiro atoms. The first-order valence-electron chi connectivity index (χ1n) is 6.56. The molecule has 0 aliphatic carbocycles. The van der Waals surface area contributed by atoms with Crippen molar-refractivity contribution in [1.29, 1.82) is 0 Å². The zero-order valence-electron chi connectivity index (χ0n) is 12.9. The maximum Gasteiger partial charge on any atom is 0.339 e. The van der Waals surface area contributed by atoms with E-state index in [-0.39, 0.29) is 0 Å². The van der Waals surface area contributed by atoms with Crippen LogP contribution in [0.3, 0.4) is 0 Å². The Morgan fingerprint density at radius 1 is 0.957 bits per heavy atom. The van der Waals surface area contributed by atoms with Gasteiger partial charge in [0.2, 0.25) is 5.60 Å². The molecule has 23 heavy (non-hydrogen) atoms. The van der Waals surface area contributed by atoms with E-state index < -0.39 is 52.8 Å². The molecule has 130 valence electrons. The fourth-order valence-electron chi connectivity index (χ4n) is 2.17. The molecular weight excluding hydrogens is 380 g/mol. The number of carbonyl (C=O) groups is 4. The van der Waals surface area contributed by atoms with Gasteiger partial charge in [-0.05, 0) is 6.92 Å². The largest absolute Gasteiger partial charge is 0.479 e. The summed E-state index contributed by atoms with van der Waals surface area (Å²) >= 11 is 3.06. The number of ether oxygens (including phenoxy) is 4. The smallest absolute Gasteiger partial charge is 0.339 e. The molecule has 1 fully saturated rings. The Kier molecular flexibility index (Phi) is 6.11. The van der Waals surface area contributed by atoms with Gasteiger partial charge >= 0.3 is 23.9 Å². The van der Waals surface area contributed by atoms with Crippen molar-refractivity contribution < 1.29 is 43.2 Å². The van der Waals surface area contributed by atoms with E-state index >= 15 is 0 Å². The van der Waals surface area contributed by atoms with Crippen molar-refractivity contribution in [2.75, 3.05) is 0 Å². The van der Waals surface area contributed by atoms with Gasteiger partial charge in [-0.25, -0.2) is 4.79 Å². The Morgan fingerprint density at radius 2 is 1.39 bits per heavy atom. The van der Waals surface area contributed by atoms with Crippen LogP contribution in [0.25, 0.3) is 0 Å². The van der Waals surface area contributed by atoms with Crippen molar-refractivity contribution in [2.24, 2.45) is 0 Å². The minimum absolute atomic E-state index is 0.708. The van der Waals surface area contributed by atoms with Crippen LogP contribution in [-0.4, -0.2) is 57.9 Å². The predicted molar refractivity (Wildman–Crippen MR) is 76.5 cm³/mol. The lowest BCUT2D eigenvalue weighted by Gasteiger charge is -2.46. The fourth-order valence-corrected chi connectivity index (χ4v) is 2.96. The summed E-state index contributed by atoms with van der Waals surface area (Å²) in [5.74, 6) is -3.72. The third kappa shape index (κ3) is 4.41. The number of rotatable bonds is 4. The van der Waals surface area contributed by atoms with Crippen LogP contribution >= 0.6 is 15.9 Å². The Labute approximate surface area is 140 Å². The van der Waals surface area contributed by atoms with Gasteiger partial charge in [-0.3, -0.25) is 14.4 Å². The maximum absolute atomic E-state index is 11.6. The van der Waals surface area contributed by atoms with Crippen LogP contribution in [0.4, 0.5) is 0 Å². The Hall–Kier alpha value is -1.68. The van der Waals surface area contributed by atoms with E-state index in [1.54, 1.807) is 0 Å². The predicted octanol–water partition coefficient (Wildman–Crippen LogP) is 0.376. The molecule has 0 bridgehead atoms. The van der Waals surface area contributed by atoms with Crippen molar-refractivity contribution in [3.8, 4) is 0 Å². The molecule has 1 aliphatic heterocycles. The average Bonchev–Trinajstić information content (AvgIpc) is 2.37. The van der Waals surface area contributed by atoms with E-state index in [0.717, 1.165) is 27.7 Å². The number of carboxylic acid groups (broad SMARTS) is 1. The molecular formula is C13H17BrO9. The second-order valence-corrected chi connectivity index (χ2v) is 5.96. The van der Waals surface area contributed by atoms with E-state index in [2.05, 4.69) is 15.9 Å². The van der Waals surface area contributed by atoms with E-state index in [0.29, 0.717) is 0 Å². The second-order valence-electron chi connectivity index (χ2n) is 5.06. The van der Waals surface area contributed by atoms with Crippen LogP contribution in [0.2, 0.25) is 0 Å². The molecule has 0 aromatic heterocycles. The molecule has 9 nitrogen and oxygen atoms in total. The molecule has 1 rings (SSSR count). The molecule has 0 amide bonds. The van der Waals surface area contributed by atoms with E-state index in [1.807, 2.05) is 0 Å². The summed E-state index contributed by atoms with van der Waals surface area (Å²) in [4.78, 5) is 45.5. The molecule has 1 aliphatic rings. The van der Waals surface area contributed by atoms with Crippen molar-refractivity contribution in [3.63, 3.8) is 0 Å². The molecule has 0 saturated carbocycles. The van der Waals surface area contributed by atoms with Gasteiger partial charge in [0, 0.05) is 20.8 Å². The minimum atomic E-state index is -2.02. The Morgan fingerprint density at radius 3 is 1.78 bits per heavy atom. The highest BCUT2D eigenvalue weighted by atomic mass is 79.9. The van der Waals surface area contributed by atoms with Crippen LogP contribution in [-0.2, 0) is 38.1 Å². The molecule has 0 radical (unpaired) electrons. The highest BCUT2D eigenvalue weighted by Crippen LogP contribution is 2.37. The third-order valence-electron chi connectivity index (χ3n) is 3.10. The van der Waals surface area contributed by atoms with Gasteiger partial charge in [0.15, 0.2) is 23.3 Å². The van der Waals surface area contributed by atoms with Crippen LogP contribution in [0.5, 0.6) is 0 Å². The van der Waals surface area contributed by atoms with Crippen molar-refractivity contribution >= 4 is 39.8 Å². The standard InChI is InChI=1S/C13H17BrO9/c1-5(15)20-8-9(21-6(2)16)11(14)23-13(4,12(18)19)10(8)22-7(3)17/h8-11H,1-4H3,(H,18,19)/t8-,9-,10+,11+,13+/m1/s1. The third-order valence-corrected chi connectivity index (χ3v) is 3.81. The van der Waals surface area contributed by atoms with Crippen molar-refractivity contribution in [1.82, 2.24) is 0 Å². The van der Waals surface area contributed by atoms with Crippen LogP contribution < -0.4 is 0 Å². The number of hydrogen-bond donors (Lipinski definition) is 1. The summed E-state index contributed by atoms with van der Waals surface area (Å²) in [6.07, 6.45) is -4.08. The van der Waals surface area contributed by atoms with E-state index in [4.69, 9.17) is 18.9 Å². The highest BCUT2D eigenvalue weighted by Gasteiger charge is 2.60. The van der Waals surface area contributed by atoms with Crippen LogP contribution in [0.1, 0.15) is 27.7 Å². The van der Waals surface area contributed by atoms with Gasteiger partial charge in [0.1, 0.15) is 0 Å². The Bertz CT molecular complexity index is 520. The van der Waals surface area contributed by atoms with Crippen molar-refractivity contribution in [2.45, 2.75) is 56.6 Å². The first-order chi connectivity index (χ1) is 10.5. The molecule has 0 aromatic rings. The summed E-state index contributed by atoms with van der Waals surface area (Å²) in [7, 11) is 0. The zero-order chi connectivity index (χ0) is 17.9. The van der Waals surface area contributed by atoms with E-state index in [1.165, 1.54) is 0 Å². The molecule has 0 unspecified atom stereocenters. The summed E-state index contributed by atoms with van der Waals surface area (Å²) in [5.41, 5.74) is -2.02. The number of carbonyl (C=O) groups excluding carboxylic acids is 3. The van der Waals surface area contributed by atoms with Gasteiger partial charge in [-0.15, -0.1) is 0 Å². The van der Waals surface area contributed by atoms with Crippen molar-refractivity contribution in [3.05, 3.63) is 0 Å². The fraction of sp³-hybridized carbons (Fsp3) is 0.692. The molecule has 1 saturated heterocycles. The van der Waals surface area contributed by atoms with Crippen LogP contribution in [0, 0.1) is 0 Å². The summed E-state index contributed by atoms with van der Waals surface area (Å²) in [6.45, 7) is 4.44.